The zero-order valence-corrected chi connectivity index (χ0v) is 14.7. The van der Waals surface area contributed by atoms with Crippen molar-refractivity contribution < 1.29 is 9.53 Å². The third kappa shape index (κ3) is 5.32. The van der Waals surface area contributed by atoms with Crippen LogP contribution in [0.2, 0.25) is 0 Å². The van der Waals surface area contributed by atoms with E-state index in [1.54, 1.807) is 0 Å². The lowest BCUT2D eigenvalue weighted by Crippen LogP contribution is -2.49. The molecule has 1 atom stereocenters. The topological polar surface area (TPSA) is 32.8 Å². The first-order chi connectivity index (χ1) is 11.8. The van der Waals surface area contributed by atoms with Gasteiger partial charge in [0.15, 0.2) is 0 Å². The molecule has 24 heavy (non-hydrogen) atoms. The third-order valence-corrected chi connectivity index (χ3v) is 5.13. The Morgan fingerprint density at radius 2 is 1.88 bits per heavy atom. The van der Waals surface area contributed by atoms with Crippen molar-refractivity contribution in [3.05, 3.63) is 35.9 Å². The van der Waals surface area contributed by atoms with Gasteiger partial charge in [-0.05, 0) is 50.8 Å². The quantitative estimate of drug-likeness (QED) is 0.804. The van der Waals surface area contributed by atoms with E-state index in [0.29, 0.717) is 13.2 Å². The molecule has 2 heterocycles. The molecule has 0 unspecified atom stereocenters. The van der Waals surface area contributed by atoms with Crippen LogP contribution in [0.1, 0.15) is 37.7 Å². The number of amides is 1. The van der Waals surface area contributed by atoms with Gasteiger partial charge in [0.2, 0.25) is 5.91 Å². The Morgan fingerprint density at radius 3 is 2.67 bits per heavy atom. The number of aryl methyl sites for hydroxylation is 1. The van der Waals surface area contributed by atoms with E-state index in [1.807, 2.05) is 4.90 Å². The molecule has 2 fully saturated rings. The number of morpholine rings is 1. The van der Waals surface area contributed by atoms with Crippen LogP contribution >= 0.6 is 0 Å². The molecule has 4 heteroatoms. The second-order valence-corrected chi connectivity index (χ2v) is 7.05. The predicted molar refractivity (Wildman–Crippen MR) is 96.0 cm³/mol. The van der Waals surface area contributed by atoms with Crippen LogP contribution in [-0.2, 0) is 16.0 Å². The minimum Gasteiger partial charge on any atom is -0.375 e. The number of rotatable bonds is 6. The molecule has 1 aromatic rings. The maximum Gasteiger partial charge on any atom is 0.236 e. The monoisotopic (exact) mass is 330 g/mol. The number of benzene rings is 1. The molecule has 4 nitrogen and oxygen atoms in total. The molecular weight excluding hydrogens is 300 g/mol. The van der Waals surface area contributed by atoms with Gasteiger partial charge in [-0.2, -0.15) is 0 Å². The van der Waals surface area contributed by atoms with Gasteiger partial charge in [-0.25, -0.2) is 0 Å². The molecule has 0 spiro atoms. The highest BCUT2D eigenvalue weighted by atomic mass is 16.5. The van der Waals surface area contributed by atoms with Crippen LogP contribution in [0.15, 0.2) is 30.3 Å². The van der Waals surface area contributed by atoms with Gasteiger partial charge >= 0.3 is 0 Å². The van der Waals surface area contributed by atoms with Gasteiger partial charge < -0.3 is 9.64 Å². The van der Waals surface area contributed by atoms with E-state index < -0.39 is 0 Å². The molecule has 3 rings (SSSR count). The average molecular weight is 330 g/mol. The Kier molecular flexibility index (Phi) is 6.67. The van der Waals surface area contributed by atoms with Gasteiger partial charge in [0.1, 0.15) is 0 Å². The highest BCUT2D eigenvalue weighted by Gasteiger charge is 2.25. The second kappa shape index (κ2) is 9.19. The van der Waals surface area contributed by atoms with Crippen LogP contribution in [0.5, 0.6) is 0 Å². The number of nitrogens with zero attached hydrogens (tertiary/aromatic N) is 2. The van der Waals surface area contributed by atoms with Crippen LogP contribution in [0.4, 0.5) is 0 Å². The van der Waals surface area contributed by atoms with Gasteiger partial charge in [0.05, 0.1) is 19.3 Å². The minimum absolute atomic E-state index is 0.202. The van der Waals surface area contributed by atoms with Crippen LogP contribution in [0.3, 0.4) is 0 Å². The highest BCUT2D eigenvalue weighted by Crippen LogP contribution is 2.15. The first-order valence-corrected chi connectivity index (χ1v) is 9.47. The molecule has 0 aliphatic carbocycles. The van der Waals surface area contributed by atoms with Crippen molar-refractivity contribution in [2.24, 2.45) is 0 Å². The Bertz CT molecular complexity index is 500. The Hall–Kier alpha value is -1.39. The maximum absolute atomic E-state index is 12.5. The van der Waals surface area contributed by atoms with Crippen LogP contribution in [0.25, 0.3) is 0 Å². The summed E-state index contributed by atoms with van der Waals surface area (Å²) in [4.78, 5) is 16.9. The van der Waals surface area contributed by atoms with Crippen molar-refractivity contribution in [3.63, 3.8) is 0 Å². The lowest BCUT2D eigenvalue weighted by Gasteiger charge is -2.35. The van der Waals surface area contributed by atoms with Crippen molar-refractivity contribution in [1.82, 2.24) is 9.80 Å². The standard InChI is InChI=1S/C20H30N2O2/c23-20(17-21-12-5-2-6-13-21)22-14-15-24-19(16-22)11-7-10-18-8-3-1-4-9-18/h1,3-4,8-9,19H,2,5-7,10-17H2/t19-/m1/s1. The Balaban J connectivity index is 1.39. The van der Waals surface area contributed by atoms with E-state index >= 15 is 0 Å². The summed E-state index contributed by atoms with van der Waals surface area (Å²) in [6.45, 7) is 4.95. The van der Waals surface area contributed by atoms with Crippen molar-refractivity contribution in [2.45, 2.75) is 44.6 Å². The van der Waals surface area contributed by atoms with Crippen LogP contribution in [-0.4, -0.2) is 61.1 Å². The highest BCUT2D eigenvalue weighted by molar-refractivity contribution is 5.78. The van der Waals surface area contributed by atoms with Crippen LogP contribution < -0.4 is 0 Å². The molecule has 2 saturated heterocycles. The summed E-state index contributed by atoms with van der Waals surface area (Å²) in [7, 11) is 0. The van der Waals surface area contributed by atoms with E-state index in [9.17, 15) is 4.79 Å². The summed E-state index contributed by atoms with van der Waals surface area (Å²) in [5, 5.41) is 0. The molecule has 0 radical (unpaired) electrons. The van der Waals surface area contributed by atoms with Gasteiger partial charge in [-0.3, -0.25) is 9.69 Å². The van der Waals surface area contributed by atoms with Crippen LogP contribution in [0, 0.1) is 0 Å². The Morgan fingerprint density at radius 1 is 1.08 bits per heavy atom. The van der Waals surface area contributed by atoms with Gasteiger partial charge in [0, 0.05) is 13.1 Å². The molecule has 1 amide bonds. The fourth-order valence-electron chi connectivity index (χ4n) is 3.71. The summed E-state index contributed by atoms with van der Waals surface area (Å²) < 4.78 is 5.88. The number of piperidine rings is 1. The number of hydrogen-bond acceptors (Lipinski definition) is 3. The average Bonchev–Trinajstić information content (AvgIpc) is 2.64. The van der Waals surface area contributed by atoms with Crippen molar-refractivity contribution in [2.75, 3.05) is 39.3 Å². The lowest BCUT2D eigenvalue weighted by molar-refractivity contribution is -0.140. The molecule has 0 bridgehead atoms. The summed E-state index contributed by atoms with van der Waals surface area (Å²) in [6, 6.07) is 10.6. The van der Waals surface area contributed by atoms with E-state index in [2.05, 4.69) is 35.2 Å². The molecular formula is C20H30N2O2. The molecule has 2 aliphatic rings. The summed E-state index contributed by atoms with van der Waals surface area (Å²) >= 11 is 0. The summed E-state index contributed by atoms with van der Waals surface area (Å²) in [5.41, 5.74) is 1.38. The SMILES string of the molecule is O=C(CN1CCCCC1)N1CCO[C@H](CCCc2ccccc2)C1. The zero-order valence-electron chi connectivity index (χ0n) is 14.7. The molecule has 0 N–H and O–H groups in total. The number of carbonyl (C=O) groups excluding carboxylic acids is 1. The third-order valence-electron chi connectivity index (χ3n) is 5.13. The van der Waals surface area contributed by atoms with Crippen molar-refractivity contribution in [1.29, 1.82) is 0 Å². The normalized spacial score (nSPS) is 22.5. The number of hydrogen-bond donors (Lipinski definition) is 0. The largest absolute Gasteiger partial charge is 0.375 e. The second-order valence-electron chi connectivity index (χ2n) is 7.05. The lowest BCUT2D eigenvalue weighted by atomic mass is 10.0. The first kappa shape index (κ1) is 17.4. The number of likely N-dealkylation sites (tertiary alicyclic amines) is 1. The van der Waals surface area contributed by atoms with Gasteiger partial charge in [0.25, 0.3) is 0 Å². The first-order valence-electron chi connectivity index (χ1n) is 9.47. The van der Waals surface area contributed by atoms with Crippen molar-refractivity contribution >= 4 is 5.91 Å². The maximum atomic E-state index is 12.5. The summed E-state index contributed by atoms with van der Waals surface area (Å²) in [6.07, 6.45) is 7.21. The van der Waals surface area contributed by atoms with Gasteiger partial charge in [-0.1, -0.05) is 36.8 Å². The van der Waals surface area contributed by atoms with Crippen molar-refractivity contribution in [3.8, 4) is 0 Å². The van der Waals surface area contributed by atoms with E-state index in [4.69, 9.17) is 4.74 Å². The number of carbonyl (C=O) groups is 1. The van der Waals surface area contributed by atoms with E-state index in [1.165, 1.54) is 24.8 Å². The molecule has 2 aliphatic heterocycles. The molecule has 0 aromatic heterocycles. The fourth-order valence-corrected chi connectivity index (χ4v) is 3.71. The number of ether oxygens (including phenoxy) is 1. The zero-order chi connectivity index (χ0) is 16.6. The fraction of sp³-hybridized carbons (Fsp3) is 0.650. The Labute approximate surface area is 145 Å². The minimum atomic E-state index is 0.202. The summed E-state index contributed by atoms with van der Waals surface area (Å²) in [5.74, 6) is 0.285. The molecule has 132 valence electrons. The smallest absolute Gasteiger partial charge is 0.236 e. The van der Waals surface area contributed by atoms with E-state index in [0.717, 1.165) is 45.4 Å². The van der Waals surface area contributed by atoms with Gasteiger partial charge in [-0.15, -0.1) is 0 Å². The molecule has 1 aromatic carbocycles. The molecule has 0 saturated carbocycles. The predicted octanol–water partition coefficient (Wildman–Crippen LogP) is 2.72. The van der Waals surface area contributed by atoms with E-state index in [-0.39, 0.29) is 12.0 Å².